The van der Waals surface area contributed by atoms with Crippen molar-refractivity contribution in [2.45, 2.75) is 12.3 Å². The van der Waals surface area contributed by atoms with Gasteiger partial charge in [0.25, 0.3) is 0 Å². The maximum atomic E-state index is 13.2. The lowest BCUT2D eigenvalue weighted by Crippen LogP contribution is -2.27. The van der Waals surface area contributed by atoms with Crippen LogP contribution in [0.2, 0.25) is 0 Å². The summed E-state index contributed by atoms with van der Waals surface area (Å²) in [6.45, 7) is 1.63. The summed E-state index contributed by atoms with van der Waals surface area (Å²) in [6, 6.07) is 12.3. The topological polar surface area (TPSA) is 49.8 Å². The molecule has 0 aromatic heterocycles. The molecule has 4 nitrogen and oxygen atoms in total. The van der Waals surface area contributed by atoms with E-state index in [4.69, 9.17) is 4.74 Å². The summed E-state index contributed by atoms with van der Waals surface area (Å²) < 4.78 is 19.2. The fraction of sp³-hybridized carbons (Fsp3) is 0.316. The number of halogens is 1. The van der Waals surface area contributed by atoms with Gasteiger partial charge in [0.2, 0.25) is 0 Å². The van der Waals surface area contributed by atoms with E-state index in [-0.39, 0.29) is 17.7 Å². The van der Waals surface area contributed by atoms with Gasteiger partial charge in [-0.3, -0.25) is 0 Å². The highest BCUT2D eigenvalue weighted by Crippen LogP contribution is 2.45. The Morgan fingerprint density at radius 2 is 1.96 bits per heavy atom. The molecule has 2 aliphatic rings. The van der Waals surface area contributed by atoms with E-state index in [2.05, 4.69) is 0 Å². The first-order chi connectivity index (χ1) is 11.6. The number of para-hydroxylation sites is 1. The maximum Gasteiger partial charge on any atom is 0.407 e. The smallest absolute Gasteiger partial charge is 0.407 e. The molecule has 2 atom stereocenters. The van der Waals surface area contributed by atoms with Crippen LogP contribution in [0.5, 0.6) is 5.75 Å². The molecule has 2 aromatic rings. The van der Waals surface area contributed by atoms with Crippen molar-refractivity contribution in [1.82, 2.24) is 4.90 Å². The Labute approximate surface area is 139 Å². The molecule has 124 valence electrons. The second-order valence-electron chi connectivity index (χ2n) is 6.42. The minimum absolute atomic E-state index is 0.152. The van der Waals surface area contributed by atoms with Crippen molar-refractivity contribution < 1.29 is 19.0 Å². The fourth-order valence-corrected chi connectivity index (χ4v) is 3.85. The van der Waals surface area contributed by atoms with E-state index < -0.39 is 6.09 Å². The van der Waals surface area contributed by atoms with Crippen LogP contribution in [0.4, 0.5) is 9.18 Å². The Morgan fingerprint density at radius 1 is 1.17 bits per heavy atom. The van der Waals surface area contributed by atoms with Crippen molar-refractivity contribution in [3.8, 4) is 16.9 Å². The second kappa shape index (κ2) is 5.82. The first kappa shape index (κ1) is 15.0. The fourth-order valence-electron chi connectivity index (χ4n) is 3.85. The maximum absolute atomic E-state index is 13.2. The lowest BCUT2D eigenvalue weighted by atomic mass is 9.86. The van der Waals surface area contributed by atoms with Crippen molar-refractivity contribution in [1.29, 1.82) is 0 Å². The molecule has 2 aliphatic heterocycles. The van der Waals surface area contributed by atoms with Gasteiger partial charge in [-0.25, -0.2) is 9.18 Å². The number of hydrogen-bond donors (Lipinski definition) is 1. The van der Waals surface area contributed by atoms with Crippen molar-refractivity contribution in [3.63, 3.8) is 0 Å². The van der Waals surface area contributed by atoms with Gasteiger partial charge >= 0.3 is 6.09 Å². The second-order valence-corrected chi connectivity index (χ2v) is 6.42. The summed E-state index contributed by atoms with van der Waals surface area (Å²) in [4.78, 5) is 12.8. The third-order valence-electron chi connectivity index (χ3n) is 5.05. The molecule has 1 unspecified atom stereocenters. The van der Waals surface area contributed by atoms with Gasteiger partial charge < -0.3 is 14.7 Å². The minimum atomic E-state index is -0.861. The molecule has 1 N–H and O–H groups in total. The Morgan fingerprint density at radius 3 is 2.71 bits per heavy atom. The Kier molecular flexibility index (Phi) is 3.63. The highest BCUT2D eigenvalue weighted by molar-refractivity contribution is 5.73. The molecule has 2 aromatic carbocycles. The van der Waals surface area contributed by atoms with Crippen molar-refractivity contribution in [2.75, 3.05) is 19.7 Å². The van der Waals surface area contributed by atoms with Crippen LogP contribution >= 0.6 is 0 Å². The number of likely N-dealkylation sites (tertiary alicyclic amines) is 1. The largest absolute Gasteiger partial charge is 0.493 e. The van der Waals surface area contributed by atoms with E-state index >= 15 is 0 Å². The number of amides is 1. The highest BCUT2D eigenvalue weighted by atomic mass is 19.1. The van der Waals surface area contributed by atoms with Crippen molar-refractivity contribution in [2.24, 2.45) is 5.92 Å². The molecule has 24 heavy (non-hydrogen) atoms. The highest BCUT2D eigenvalue weighted by Gasteiger charge is 2.39. The number of carbonyl (C=O) groups is 1. The molecule has 4 rings (SSSR count). The Bertz CT molecular complexity index is 775. The zero-order chi connectivity index (χ0) is 16.7. The summed E-state index contributed by atoms with van der Waals surface area (Å²) in [5.41, 5.74) is 2.89. The minimum Gasteiger partial charge on any atom is -0.493 e. The molecule has 5 heteroatoms. The van der Waals surface area contributed by atoms with E-state index in [0.29, 0.717) is 19.7 Å². The number of carboxylic acid groups (broad SMARTS) is 1. The van der Waals surface area contributed by atoms with Gasteiger partial charge in [0.05, 0.1) is 6.61 Å². The standard InChI is InChI=1S/C19H18FNO3/c20-14-6-4-12(5-7-14)15-2-1-3-16-17-11-21(19(22)23)10-13(17)8-9-24-18(15)16/h1-7,13,17H,8-11H2,(H,22,23)/t13?,17-/m0/s1. The zero-order valence-corrected chi connectivity index (χ0v) is 13.1. The Hall–Kier alpha value is -2.56. The van der Waals surface area contributed by atoms with Gasteiger partial charge in [0, 0.05) is 24.6 Å². The van der Waals surface area contributed by atoms with Crippen LogP contribution in [0.25, 0.3) is 11.1 Å². The number of benzene rings is 2. The number of fused-ring (bicyclic) bond motifs is 3. The first-order valence-corrected chi connectivity index (χ1v) is 8.13. The molecule has 0 aliphatic carbocycles. The summed E-state index contributed by atoms with van der Waals surface area (Å²) >= 11 is 0. The number of nitrogens with zero attached hydrogens (tertiary/aromatic N) is 1. The molecule has 0 saturated carbocycles. The molecule has 0 spiro atoms. The van der Waals surface area contributed by atoms with Crippen LogP contribution in [0.15, 0.2) is 42.5 Å². The lowest BCUT2D eigenvalue weighted by Gasteiger charge is -2.18. The van der Waals surface area contributed by atoms with Gasteiger partial charge in [0.1, 0.15) is 11.6 Å². The third-order valence-corrected chi connectivity index (χ3v) is 5.05. The number of rotatable bonds is 1. The quantitative estimate of drug-likeness (QED) is 0.862. The van der Waals surface area contributed by atoms with Gasteiger partial charge in [-0.1, -0.05) is 30.3 Å². The van der Waals surface area contributed by atoms with E-state index in [1.165, 1.54) is 17.0 Å². The predicted octanol–water partition coefficient (Wildman–Crippen LogP) is 3.97. The zero-order valence-electron chi connectivity index (χ0n) is 13.1. The number of ether oxygens (including phenoxy) is 1. The lowest BCUT2D eigenvalue weighted by molar-refractivity contribution is 0.152. The van der Waals surface area contributed by atoms with E-state index in [1.54, 1.807) is 12.1 Å². The monoisotopic (exact) mass is 327 g/mol. The van der Waals surface area contributed by atoms with Crippen LogP contribution in [0.1, 0.15) is 17.9 Å². The molecule has 1 fully saturated rings. The molecule has 1 saturated heterocycles. The van der Waals surface area contributed by atoms with Crippen LogP contribution < -0.4 is 4.74 Å². The summed E-state index contributed by atoms with van der Waals surface area (Å²) in [7, 11) is 0. The van der Waals surface area contributed by atoms with Crippen molar-refractivity contribution >= 4 is 6.09 Å². The third kappa shape index (κ3) is 2.50. The van der Waals surface area contributed by atoms with E-state index in [1.807, 2.05) is 18.2 Å². The van der Waals surface area contributed by atoms with Crippen LogP contribution in [-0.2, 0) is 0 Å². The molecule has 0 bridgehead atoms. The van der Waals surface area contributed by atoms with Gasteiger partial charge in [0.15, 0.2) is 0 Å². The summed E-state index contributed by atoms with van der Waals surface area (Å²) in [5.74, 6) is 0.975. The van der Waals surface area contributed by atoms with E-state index in [0.717, 1.165) is 28.9 Å². The van der Waals surface area contributed by atoms with Crippen LogP contribution in [-0.4, -0.2) is 35.8 Å². The Balaban J connectivity index is 1.77. The van der Waals surface area contributed by atoms with Crippen molar-refractivity contribution in [3.05, 3.63) is 53.8 Å². The molecular weight excluding hydrogens is 309 g/mol. The summed E-state index contributed by atoms with van der Waals surface area (Å²) in [5, 5.41) is 9.30. The normalized spacial score (nSPS) is 22.3. The number of hydrogen-bond acceptors (Lipinski definition) is 2. The first-order valence-electron chi connectivity index (χ1n) is 8.13. The van der Waals surface area contributed by atoms with Crippen LogP contribution in [0, 0.1) is 11.7 Å². The molecule has 2 heterocycles. The average Bonchev–Trinajstić information content (AvgIpc) is 2.92. The molecule has 1 amide bonds. The predicted molar refractivity (Wildman–Crippen MR) is 87.8 cm³/mol. The van der Waals surface area contributed by atoms with Gasteiger partial charge in [-0.05, 0) is 35.6 Å². The average molecular weight is 327 g/mol. The van der Waals surface area contributed by atoms with Gasteiger partial charge in [-0.15, -0.1) is 0 Å². The molecular formula is C19H18FNO3. The van der Waals surface area contributed by atoms with Gasteiger partial charge in [-0.2, -0.15) is 0 Å². The van der Waals surface area contributed by atoms with E-state index in [9.17, 15) is 14.3 Å². The summed E-state index contributed by atoms with van der Waals surface area (Å²) in [6.07, 6.45) is -0.0216. The SMILES string of the molecule is O=C(O)N1CC2CCOc3c(-c4ccc(F)cc4)cccc3[C@H]2C1. The van der Waals surface area contributed by atoms with Crippen LogP contribution in [0.3, 0.4) is 0 Å². The molecule has 0 radical (unpaired) electrons.